The summed E-state index contributed by atoms with van der Waals surface area (Å²) in [6.45, 7) is 5.50. The maximum Gasteiger partial charge on any atom is 0.270 e. The number of aromatic nitrogens is 3. The number of pyridine rings is 1. The number of carbonyl (C=O) groups is 1. The zero-order valence-corrected chi connectivity index (χ0v) is 14.9. The molecule has 1 aliphatic heterocycles. The highest BCUT2D eigenvalue weighted by atomic mass is 16.1. The number of hydrogen-bond acceptors (Lipinski definition) is 5. The van der Waals surface area contributed by atoms with Crippen LogP contribution >= 0.6 is 0 Å². The maximum absolute atomic E-state index is 12.5. The van der Waals surface area contributed by atoms with Crippen LogP contribution < -0.4 is 10.2 Å². The molecular weight excluding hydrogens is 314 g/mol. The summed E-state index contributed by atoms with van der Waals surface area (Å²) in [5.74, 6) is 1.33. The molecule has 1 aliphatic rings. The summed E-state index contributed by atoms with van der Waals surface area (Å²) in [5, 5.41) is 2.92. The molecule has 0 bridgehead atoms. The molecule has 0 saturated carbocycles. The summed E-state index contributed by atoms with van der Waals surface area (Å²) in [7, 11) is 0. The van der Waals surface area contributed by atoms with Crippen LogP contribution in [0, 0.1) is 6.92 Å². The van der Waals surface area contributed by atoms with Crippen molar-refractivity contribution >= 4 is 11.7 Å². The minimum absolute atomic E-state index is 0.173. The van der Waals surface area contributed by atoms with E-state index in [-0.39, 0.29) is 5.91 Å². The minimum atomic E-state index is -0.173. The van der Waals surface area contributed by atoms with E-state index >= 15 is 0 Å². The Morgan fingerprint density at radius 3 is 2.84 bits per heavy atom. The van der Waals surface area contributed by atoms with Crippen LogP contribution in [-0.4, -0.2) is 33.4 Å². The Kier molecular flexibility index (Phi) is 5.58. The molecule has 0 spiro atoms. The van der Waals surface area contributed by atoms with Gasteiger partial charge in [-0.3, -0.25) is 9.78 Å². The lowest BCUT2D eigenvalue weighted by Crippen LogP contribution is -2.40. The van der Waals surface area contributed by atoms with E-state index in [0.29, 0.717) is 24.1 Å². The molecule has 2 aromatic heterocycles. The van der Waals surface area contributed by atoms with Crippen LogP contribution in [0.5, 0.6) is 0 Å². The molecule has 1 fully saturated rings. The quantitative estimate of drug-likeness (QED) is 0.907. The van der Waals surface area contributed by atoms with E-state index in [1.807, 2.05) is 25.1 Å². The number of amides is 1. The van der Waals surface area contributed by atoms with Gasteiger partial charge in [-0.25, -0.2) is 9.97 Å². The van der Waals surface area contributed by atoms with Crippen LogP contribution in [0.15, 0.2) is 30.6 Å². The lowest BCUT2D eigenvalue weighted by atomic mass is 10.00. The van der Waals surface area contributed by atoms with Gasteiger partial charge in [0.25, 0.3) is 5.91 Å². The monoisotopic (exact) mass is 339 g/mol. The van der Waals surface area contributed by atoms with E-state index in [1.54, 1.807) is 12.4 Å². The minimum Gasteiger partial charge on any atom is -0.354 e. The van der Waals surface area contributed by atoms with Crippen molar-refractivity contribution in [1.29, 1.82) is 0 Å². The van der Waals surface area contributed by atoms with Gasteiger partial charge in [0.1, 0.15) is 17.3 Å². The first-order valence-electron chi connectivity index (χ1n) is 8.97. The molecule has 6 nitrogen and oxygen atoms in total. The first-order chi connectivity index (χ1) is 12.2. The molecule has 1 saturated heterocycles. The van der Waals surface area contributed by atoms with Crippen LogP contribution in [0.2, 0.25) is 0 Å². The van der Waals surface area contributed by atoms with E-state index in [1.165, 1.54) is 19.3 Å². The number of nitrogens with zero attached hydrogens (tertiary/aromatic N) is 4. The highest BCUT2D eigenvalue weighted by Gasteiger charge is 2.23. The van der Waals surface area contributed by atoms with Gasteiger partial charge in [-0.1, -0.05) is 6.92 Å². The topological polar surface area (TPSA) is 71.0 Å². The SMILES string of the molecule is CCC1CCCCN1c1cc(C(=O)NCc2ccncc2)nc(C)n1. The average Bonchev–Trinajstić information content (AvgIpc) is 2.66. The van der Waals surface area contributed by atoms with Gasteiger partial charge in [-0.2, -0.15) is 0 Å². The predicted octanol–water partition coefficient (Wildman–Crippen LogP) is 2.88. The van der Waals surface area contributed by atoms with Crippen molar-refractivity contribution in [3.63, 3.8) is 0 Å². The molecular formula is C19H25N5O. The number of anilines is 1. The Morgan fingerprint density at radius 2 is 2.08 bits per heavy atom. The molecule has 3 heterocycles. The molecule has 0 radical (unpaired) electrons. The predicted molar refractivity (Wildman–Crippen MR) is 97.5 cm³/mol. The second-order valence-corrected chi connectivity index (χ2v) is 6.45. The van der Waals surface area contributed by atoms with E-state index in [2.05, 4.69) is 32.1 Å². The summed E-state index contributed by atoms with van der Waals surface area (Å²) in [4.78, 5) is 27.7. The average molecular weight is 339 g/mol. The molecule has 132 valence electrons. The Balaban J connectivity index is 1.75. The summed E-state index contributed by atoms with van der Waals surface area (Å²) >= 11 is 0. The van der Waals surface area contributed by atoms with Crippen molar-refractivity contribution in [2.45, 2.75) is 52.1 Å². The van der Waals surface area contributed by atoms with Crippen LogP contribution in [0.25, 0.3) is 0 Å². The highest BCUT2D eigenvalue weighted by Crippen LogP contribution is 2.25. The molecule has 1 atom stereocenters. The number of nitrogens with one attached hydrogen (secondary N) is 1. The van der Waals surface area contributed by atoms with Gasteiger partial charge in [-0.15, -0.1) is 0 Å². The maximum atomic E-state index is 12.5. The second-order valence-electron chi connectivity index (χ2n) is 6.45. The zero-order chi connectivity index (χ0) is 17.6. The van der Waals surface area contributed by atoms with Gasteiger partial charge in [-0.05, 0) is 50.3 Å². The molecule has 2 aromatic rings. The van der Waals surface area contributed by atoms with Crippen molar-refractivity contribution in [1.82, 2.24) is 20.3 Å². The van der Waals surface area contributed by atoms with Crippen LogP contribution in [0.4, 0.5) is 5.82 Å². The first-order valence-corrected chi connectivity index (χ1v) is 8.97. The molecule has 25 heavy (non-hydrogen) atoms. The molecule has 0 aliphatic carbocycles. The molecule has 1 unspecified atom stereocenters. The summed E-state index contributed by atoms with van der Waals surface area (Å²) in [6, 6.07) is 6.09. The van der Waals surface area contributed by atoms with Gasteiger partial charge in [0.05, 0.1) is 0 Å². The van der Waals surface area contributed by atoms with Crippen LogP contribution in [0.1, 0.15) is 54.5 Å². The third kappa shape index (κ3) is 4.32. The smallest absolute Gasteiger partial charge is 0.270 e. The fourth-order valence-corrected chi connectivity index (χ4v) is 3.32. The molecule has 3 rings (SSSR count). The Bertz CT molecular complexity index is 719. The molecule has 1 amide bonds. The summed E-state index contributed by atoms with van der Waals surface area (Å²) < 4.78 is 0. The Morgan fingerprint density at radius 1 is 1.28 bits per heavy atom. The molecule has 6 heteroatoms. The van der Waals surface area contributed by atoms with Gasteiger partial charge in [0.15, 0.2) is 0 Å². The van der Waals surface area contributed by atoms with Crippen molar-refractivity contribution < 1.29 is 4.79 Å². The standard InChI is InChI=1S/C19H25N5O/c1-3-16-6-4-5-11-24(16)18-12-17(22-14(2)23-18)19(25)21-13-15-7-9-20-10-8-15/h7-10,12,16H,3-6,11,13H2,1-2H3,(H,21,25). The van der Waals surface area contributed by atoms with Crippen molar-refractivity contribution in [2.75, 3.05) is 11.4 Å². The van der Waals surface area contributed by atoms with E-state index in [4.69, 9.17) is 0 Å². The van der Waals surface area contributed by atoms with E-state index in [0.717, 1.165) is 24.3 Å². The van der Waals surface area contributed by atoms with Crippen molar-refractivity contribution in [2.24, 2.45) is 0 Å². The lowest BCUT2D eigenvalue weighted by molar-refractivity contribution is 0.0945. The fraction of sp³-hybridized carbons (Fsp3) is 0.474. The third-order valence-corrected chi connectivity index (χ3v) is 4.65. The zero-order valence-electron chi connectivity index (χ0n) is 14.9. The number of hydrogen-bond donors (Lipinski definition) is 1. The van der Waals surface area contributed by atoms with Crippen LogP contribution in [0.3, 0.4) is 0 Å². The highest BCUT2D eigenvalue weighted by molar-refractivity contribution is 5.92. The number of carbonyl (C=O) groups excluding carboxylic acids is 1. The van der Waals surface area contributed by atoms with Crippen molar-refractivity contribution in [3.05, 3.63) is 47.7 Å². The van der Waals surface area contributed by atoms with Gasteiger partial charge >= 0.3 is 0 Å². The molecule has 0 aromatic carbocycles. The van der Waals surface area contributed by atoms with Crippen molar-refractivity contribution in [3.8, 4) is 0 Å². The van der Waals surface area contributed by atoms with E-state index in [9.17, 15) is 4.79 Å². The number of piperidine rings is 1. The largest absolute Gasteiger partial charge is 0.354 e. The number of aryl methyl sites for hydroxylation is 1. The van der Waals surface area contributed by atoms with Gasteiger partial charge in [0, 0.05) is 37.6 Å². The lowest BCUT2D eigenvalue weighted by Gasteiger charge is -2.36. The van der Waals surface area contributed by atoms with Gasteiger partial charge < -0.3 is 10.2 Å². The second kappa shape index (κ2) is 8.05. The van der Waals surface area contributed by atoms with Gasteiger partial charge in [0.2, 0.25) is 0 Å². The van der Waals surface area contributed by atoms with Crippen LogP contribution in [-0.2, 0) is 6.54 Å². The normalized spacial score (nSPS) is 17.4. The fourth-order valence-electron chi connectivity index (χ4n) is 3.32. The number of rotatable bonds is 5. The Hall–Kier alpha value is -2.50. The Labute approximate surface area is 148 Å². The summed E-state index contributed by atoms with van der Waals surface area (Å²) in [5.41, 5.74) is 1.44. The first kappa shape index (κ1) is 17.3. The van der Waals surface area contributed by atoms with E-state index < -0.39 is 0 Å². The third-order valence-electron chi connectivity index (χ3n) is 4.65. The summed E-state index contributed by atoms with van der Waals surface area (Å²) in [6.07, 6.45) is 8.14. The molecule has 1 N–H and O–H groups in total.